The van der Waals surface area contributed by atoms with Gasteiger partial charge >= 0.3 is 0 Å². The van der Waals surface area contributed by atoms with Crippen molar-refractivity contribution in [3.05, 3.63) is 0 Å². The molecule has 0 bridgehead atoms. The smallest absolute Gasteiger partial charge is 0.0654 e. The topological polar surface area (TPSA) is 14.1 Å². The minimum atomic E-state index is 0.990. The fraction of sp³-hybridized carbons (Fsp3) is 1.00. The summed E-state index contributed by atoms with van der Waals surface area (Å²) in [6.45, 7) is 6.37. The summed E-state index contributed by atoms with van der Waals surface area (Å²) in [4.78, 5) is 0. The number of nitrogens with zero attached hydrogens (tertiary/aromatic N) is 1. The average Bonchev–Trinajstić information content (AvgIpc) is 1.81. The molecule has 8 heavy (non-hydrogen) atoms. The van der Waals surface area contributed by atoms with Crippen LogP contribution in [0.1, 0.15) is 33.1 Å². The van der Waals surface area contributed by atoms with Crippen molar-refractivity contribution < 1.29 is 0 Å². The van der Waals surface area contributed by atoms with Gasteiger partial charge in [0.1, 0.15) is 0 Å². The van der Waals surface area contributed by atoms with Crippen LogP contribution in [0.15, 0.2) is 0 Å². The van der Waals surface area contributed by atoms with Gasteiger partial charge in [-0.15, -0.1) is 0 Å². The van der Waals surface area contributed by atoms with Crippen molar-refractivity contribution in [2.24, 2.45) is 0 Å². The van der Waals surface area contributed by atoms with Crippen molar-refractivity contribution >= 4 is 0 Å². The molecule has 0 amide bonds. The lowest BCUT2D eigenvalue weighted by Crippen LogP contribution is -2.04. The number of rotatable bonds is 5. The van der Waals surface area contributed by atoms with E-state index in [9.17, 15) is 0 Å². The summed E-state index contributed by atoms with van der Waals surface area (Å²) in [5.74, 6) is 0. The molecule has 0 N–H and O–H groups in total. The predicted octanol–water partition coefficient (Wildman–Crippen LogP) is 1.80. The zero-order valence-electron chi connectivity index (χ0n) is 5.98. The quantitative estimate of drug-likeness (QED) is 0.484. The summed E-state index contributed by atoms with van der Waals surface area (Å²) in [6, 6.07) is 0. The minimum absolute atomic E-state index is 0.990. The molecule has 0 rings (SSSR count). The van der Waals surface area contributed by atoms with Crippen LogP contribution in [-0.4, -0.2) is 13.1 Å². The molecule has 0 aromatic heterocycles. The molecule has 0 fully saturated rings. The van der Waals surface area contributed by atoms with E-state index >= 15 is 0 Å². The van der Waals surface area contributed by atoms with E-state index in [1.807, 2.05) is 0 Å². The van der Waals surface area contributed by atoms with Crippen LogP contribution >= 0.6 is 0 Å². The first kappa shape index (κ1) is 7.96. The lowest BCUT2D eigenvalue weighted by Gasteiger charge is -1.84. The number of unbranched alkanes of at least 4 members (excludes halogenated alkanes) is 2. The Kier molecular flexibility index (Phi) is 6.93. The molecule has 1 nitrogen and oxygen atoms in total. The van der Waals surface area contributed by atoms with Gasteiger partial charge < -0.3 is 0 Å². The Morgan fingerprint density at radius 2 is 1.88 bits per heavy atom. The van der Waals surface area contributed by atoms with Gasteiger partial charge in [0.25, 0.3) is 0 Å². The lowest BCUT2D eigenvalue weighted by molar-refractivity contribution is 0.624. The number of hydrogen-bond donors (Lipinski definition) is 0. The van der Waals surface area contributed by atoms with Crippen molar-refractivity contribution in [2.75, 3.05) is 13.1 Å². The monoisotopic (exact) mass is 114 g/mol. The fourth-order valence-corrected chi connectivity index (χ4v) is 0.632. The SMILES string of the molecule is CCCCC[N+]CC. The van der Waals surface area contributed by atoms with E-state index in [1.165, 1.54) is 19.3 Å². The second-order valence-electron chi connectivity index (χ2n) is 1.97. The van der Waals surface area contributed by atoms with E-state index in [4.69, 9.17) is 0 Å². The molecule has 0 spiro atoms. The van der Waals surface area contributed by atoms with E-state index in [-0.39, 0.29) is 0 Å². The van der Waals surface area contributed by atoms with Crippen LogP contribution in [-0.2, 0) is 0 Å². The average molecular weight is 114 g/mol. The van der Waals surface area contributed by atoms with Crippen LogP contribution in [0.5, 0.6) is 0 Å². The van der Waals surface area contributed by atoms with E-state index in [2.05, 4.69) is 19.2 Å². The van der Waals surface area contributed by atoms with Gasteiger partial charge in [0.2, 0.25) is 0 Å². The van der Waals surface area contributed by atoms with Crippen LogP contribution < -0.4 is 5.32 Å². The first-order valence-corrected chi connectivity index (χ1v) is 3.55. The largest absolute Gasteiger partial charge is 0.183 e. The first-order valence-electron chi connectivity index (χ1n) is 3.55. The molecule has 0 aliphatic carbocycles. The van der Waals surface area contributed by atoms with Crippen molar-refractivity contribution in [3.63, 3.8) is 0 Å². The summed E-state index contributed by atoms with van der Waals surface area (Å²) in [6.07, 6.45) is 3.92. The summed E-state index contributed by atoms with van der Waals surface area (Å²) < 4.78 is 0. The molecule has 0 unspecified atom stereocenters. The Hall–Kier alpha value is -0.0400. The molecular weight excluding hydrogens is 98.1 g/mol. The van der Waals surface area contributed by atoms with E-state index in [0.717, 1.165) is 13.1 Å². The third-order valence-electron chi connectivity index (χ3n) is 1.14. The van der Waals surface area contributed by atoms with Crippen LogP contribution in [0, 0.1) is 0 Å². The molecule has 0 aliphatic rings. The molecule has 1 heteroatoms. The minimum Gasteiger partial charge on any atom is -0.0654 e. The molecule has 0 saturated heterocycles. The van der Waals surface area contributed by atoms with E-state index in [1.54, 1.807) is 0 Å². The Balaban J connectivity index is 2.53. The van der Waals surface area contributed by atoms with Gasteiger partial charge in [-0.25, -0.2) is 0 Å². The Morgan fingerprint density at radius 3 is 2.38 bits per heavy atom. The summed E-state index contributed by atoms with van der Waals surface area (Å²) >= 11 is 0. The van der Waals surface area contributed by atoms with Crippen LogP contribution in [0.2, 0.25) is 0 Å². The highest BCUT2D eigenvalue weighted by molar-refractivity contribution is 4.41. The third-order valence-corrected chi connectivity index (χ3v) is 1.14. The van der Waals surface area contributed by atoms with Gasteiger partial charge in [-0.3, -0.25) is 0 Å². The summed E-state index contributed by atoms with van der Waals surface area (Å²) in [5.41, 5.74) is 0. The highest BCUT2D eigenvalue weighted by Gasteiger charge is 1.95. The van der Waals surface area contributed by atoms with Crippen molar-refractivity contribution in [1.29, 1.82) is 0 Å². The van der Waals surface area contributed by atoms with Crippen LogP contribution in [0.25, 0.3) is 0 Å². The highest BCUT2D eigenvalue weighted by Crippen LogP contribution is 1.90. The van der Waals surface area contributed by atoms with Crippen molar-refractivity contribution in [3.8, 4) is 0 Å². The molecule has 0 aromatic carbocycles. The van der Waals surface area contributed by atoms with E-state index < -0.39 is 0 Å². The zero-order valence-corrected chi connectivity index (χ0v) is 5.98. The Labute approximate surface area is 52.5 Å². The normalized spacial score (nSPS) is 9.75. The Bertz CT molecular complexity index is 29.4. The molecular formula is C7H16N+. The summed E-state index contributed by atoms with van der Waals surface area (Å²) in [5, 5.41) is 4.21. The lowest BCUT2D eigenvalue weighted by atomic mass is 10.2. The van der Waals surface area contributed by atoms with Crippen molar-refractivity contribution in [2.45, 2.75) is 33.1 Å². The zero-order chi connectivity index (χ0) is 6.24. The maximum Gasteiger partial charge on any atom is 0.183 e. The third kappa shape index (κ3) is 5.96. The second kappa shape index (κ2) is 6.96. The van der Waals surface area contributed by atoms with Crippen molar-refractivity contribution in [1.82, 2.24) is 5.32 Å². The maximum absolute atomic E-state index is 4.21. The molecule has 2 radical (unpaired) electrons. The summed E-state index contributed by atoms with van der Waals surface area (Å²) in [7, 11) is 0. The standard InChI is InChI=1S/C7H16N/c1-3-5-6-7-8-4-2/h3-7H2,1-2H3/q+1. The molecule has 48 valence electrons. The second-order valence-corrected chi connectivity index (χ2v) is 1.97. The van der Waals surface area contributed by atoms with Gasteiger partial charge in [0, 0.05) is 6.42 Å². The van der Waals surface area contributed by atoms with Gasteiger partial charge in [-0.2, -0.15) is 0 Å². The van der Waals surface area contributed by atoms with E-state index in [0.29, 0.717) is 0 Å². The number of hydrogen-bond acceptors (Lipinski definition) is 0. The van der Waals surface area contributed by atoms with Gasteiger partial charge in [0.05, 0.1) is 5.32 Å². The Morgan fingerprint density at radius 1 is 1.12 bits per heavy atom. The van der Waals surface area contributed by atoms with Gasteiger partial charge in [-0.05, 0) is 13.3 Å². The predicted molar refractivity (Wildman–Crippen MR) is 37.1 cm³/mol. The maximum atomic E-state index is 4.21. The highest BCUT2D eigenvalue weighted by atomic mass is 14.8. The molecule has 0 aliphatic heterocycles. The fourth-order valence-electron chi connectivity index (χ4n) is 0.632. The molecule has 0 heterocycles. The molecule has 0 atom stereocenters. The van der Waals surface area contributed by atoms with Gasteiger partial charge in [-0.1, -0.05) is 13.3 Å². The molecule has 0 saturated carbocycles. The van der Waals surface area contributed by atoms with Gasteiger partial charge in [0.15, 0.2) is 13.1 Å². The van der Waals surface area contributed by atoms with Crippen LogP contribution in [0.3, 0.4) is 0 Å². The molecule has 0 aromatic rings. The first-order chi connectivity index (χ1) is 3.91. The van der Waals surface area contributed by atoms with Crippen LogP contribution in [0.4, 0.5) is 0 Å².